The average Bonchev–Trinajstić information content (AvgIpc) is 2.83. The highest BCUT2D eigenvalue weighted by molar-refractivity contribution is 5.93. The molecule has 148 valence electrons. The third-order valence-electron chi connectivity index (χ3n) is 5.74. The molecule has 7 nitrogen and oxygen atoms in total. The number of nitrogens with zero attached hydrogens (tertiary/aromatic N) is 1. The van der Waals surface area contributed by atoms with Crippen LogP contribution in [0, 0.1) is 11.8 Å². The van der Waals surface area contributed by atoms with Gasteiger partial charge in [-0.25, -0.2) is 5.48 Å². The first-order valence-electron chi connectivity index (χ1n) is 9.47. The summed E-state index contributed by atoms with van der Waals surface area (Å²) in [5.41, 5.74) is 2.23. The normalized spacial score (nSPS) is 23.4. The lowest BCUT2D eigenvalue weighted by molar-refractivity contribution is -0.142. The minimum Gasteiger partial charge on any atom is -0.485 e. The minimum atomic E-state index is -0.591. The molecule has 1 fully saturated rings. The van der Waals surface area contributed by atoms with Crippen molar-refractivity contribution in [3.63, 3.8) is 0 Å². The van der Waals surface area contributed by atoms with E-state index in [0.29, 0.717) is 37.6 Å². The summed E-state index contributed by atoms with van der Waals surface area (Å²) >= 11 is 0. The molecule has 0 bridgehead atoms. The zero-order valence-electron chi connectivity index (χ0n) is 16.2. The number of benzene rings is 1. The fourth-order valence-corrected chi connectivity index (χ4v) is 3.57. The molecule has 0 unspecified atom stereocenters. The number of rotatable bonds is 3. The number of fused-ring (bicyclic) bond motifs is 1. The van der Waals surface area contributed by atoms with Gasteiger partial charge in [-0.05, 0) is 37.8 Å². The van der Waals surface area contributed by atoms with Crippen molar-refractivity contribution in [3.8, 4) is 5.75 Å². The lowest BCUT2D eigenvalue weighted by Gasteiger charge is -2.37. The van der Waals surface area contributed by atoms with E-state index in [1.165, 1.54) is 0 Å². The van der Waals surface area contributed by atoms with Crippen molar-refractivity contribution >= 4 is 11.8 Å². The summed E-state index contributed by atoms with van der Waals surface area (Å²) in [5.74, 6) is 0.264. The SMILES string of the molecule is CC(C)[C@@]1(C)CN(C(=O)C2CCOCC2)Cc2ccc(C(=O)NO)cc2O1. The lowest BCUT2D eigenvalue weighted by Crippen LogP contribution is -2.50. The average molecular weight is 376 g/mol. The van der Waals surface area contributed by atoms with Crippen LogP contribution in [-0.4, -0.2) is 47.3 Å². The van der Waals surface area contributed by atoms with E-state index in [0.717, 1.165) is 18.4 Å². The number of carbonyl (C=O) groups excluding carboxylic acids is 2. The third kappa shape index (κ3) is 4.09. The predicted molar refractivity (Wildman–Crippen MR) is 98.5 cm³/mol. The molecule has 2 amide bonds. The molecule has 0 aliphatic carbocycles. The van der Waals surface area contributed by atoms with Crippen LogP contribution in [0.4, 0.5) is 0 Å². The maximum Gasteiger partial charge on any atom is 0.274 e. The van der Waals surface area contributed by atoms with E-state index in [2.05, 4.69) is 13.8 Å². The van der Waals surface area contributed by atoms with Gasteiger partial charge in [0.1, 0.15) is 11.4 Å². The number of ether oxygens (including phenoxy) is 2. The largest absolute Gasteiger partial charge is 0.485 e. The Kier molecular flexibility index (Phi) is 5.72. The van der Waals surface area contributed by atoms with Gasteiger partial charge >= 0.3 is 0 Å². The molecule has 1 aromatic rings. The van der Waals surface area contributed by atoms with Gasteiger partial charge in [0.2, 0.25) is 5.91 Å². The first-order chi connectivity index (χ1) is 12.8. The maximum absolute atomic E-state index is 13.2. The van der Waals surface area contributed by atoms with Crippen molar-refractivity contribution < 1.29 is 24.3 Å². The zero-order valence-corrected chi connectivity index (χ0v) is 16.2. The Hall–Kier alpha value is -2.12. The number of amides is 2. The second-order valence-electron chi connectivity index (χ2n) is 7.91. The van der Waals surface area contributed by atoms with E-state index in [-0.39, 0.29) is 17.7 Å². The Balaban J connectivity index is 1.94. The first-order valence-corrected chi connectivity index (χ1v) is 9.47. The third-order valence-corrected chi connectivity index (χ3v) is 5.74. The minimum absolute atomic E-state index is 0.0175. The lowest BCUT2D eigenvalue weighted by atomic mass is 9.90. The molecule has 0 aromatic heterocycles. The second-order valence-corrected chi connectivity index (χ2v) is 7.91. The van der Waals surface area contributed by atoms with Crippen LogP contribution in [0.2, 0.25) is 0 Å². The van der Waals surface area contributed by atoms with Gasteiger partial charge in [0, 0.05) is 36.8 Å². The number of hydrogen-bond acceptors (Lipinski definition) is 5. The molecule has 2 aliphatic rings. The Morgan fingerprint density at radius 1 is 1.30 bits per heavy atom. The molecule has 1 atom stereocenters. The highest BCUT2D eigenvalue weighted by Gasteiger charge is 2.39. The second kappa shape index (κ2) is 7.86. The summed E-state index contributed by atoms with van der Waals surface area (Å²) in [6.45, 7) is 8.29. The van der Waals surface area contributed by atoms with Gasteiger partial charge in [0.25, 0.3) is 5.91 Å². The molecule has 3 rings (SSSR count). The van der Waals surface area contributed by atoms with Crippen molar-refractivity contribution in [1.82, 2.24) is 10.4 Å². The quantitative estimate of drug-likeness (QED) is 0.625. The van der Waals surface area contributed by atoms with Gasteiger partial charge in [-0.3, -0.25) is 14.8 Å². The fraction of sp³-hybridized carbons (Fsp3) is 0.600. The van der Waals surface area contributed by atoms with Crippen LogP contribution in [-0.2, 0) is 16.1 Å². The summed E-state index contributed by atoms with van der Waals surface area (Å²) in [7, 11) is 0. The first kappa shape index (κ1) is 19.6. The standard InChI is InChI=1S/C20H28N2O5/c1-13(2)20(3)12-22(19(24)14-6-8-26-9-7-14)11-16-5-4-15(18(23)21-25)10-17(16)27-20/h4-5,10,13-14,25H,6-9,11-12H2,1-3H3,(H,21,23)/t20-/m1/s1. The number of nitrogens with one attached hydrogen (secondary N) is 1. The van der Waals surface area contributed by atoms with Crippen LogP contribution in [0.5, 0.6) is 5.75 Å². The molecule has 2 heterocycles. The summed E-state index contributed by atoms with van der Waals surface area (Å²) in [4.78, 5) is 26.8. The Morgan fingerprint density at radius 3 is 2.63 bits per heavy atom. The summed E-state index contributed by atoms with van der Waals surface area (Å²) < 4.78 is 11.7. The molecule has 0 radical (unpaired) electrons. The van der Waals surface area contributed by atoms with E-state index in [9.17, 15) is 9.59 Å². The highest BCUT2D eigenvalue weighted by atomic mass is 16.5. The molecule has 7 heteroatoms. The van der Waals surface area contributed by atoms with Crippen molar-refractivity contribution in [2.45, 2.75) is 45.8 Å². The summed E-state index contributed by atoms with van der Waals surface area (Å²) in [5, 5.41) is 8.89. The van der Waals surface area contributed by atoms with E-state index in [1.54, 1.807) is 23.7 Å². The van der Waals surface area contributed by atoms with E-state index in [1.807, 2.05) is 11.8 Å². The van der Waals surface area contributed by atoms with E-state index < -0.39 is 11.5 Å². The smallest absolute Gasteiger partial charge is 0.274 e. The molecule has 2 N–H and O–H groups in total. The van der Waals surface area contributed by atoms with Crippen LogP contribution in [0.25, 0.3) is 0 Å². The van der Waals surface area contributed by atoms with Crippen LogP contribution < -0.4 is 10.2 Å². The number of hydroxylamine groups is 1. The Morgan fingerprint density at radius 2 is 2.00 bits per heavy atom. The van der Waals surface area contributed by atoms with Gasteiger partial charge in [0.05, 0.1) is 6.54 Å². The van der Waals surface area contributed by atoms with Crippen molar-refractivity contribution in [2.24, 2.45) is 11.8 Å². The van der Waals surface area contributed by atoms with E-state index in [4.69, 9.17) is 14.7 Å². The zero-order chi connectivity index (χ0) is 19.6. The monoisotopic (exact) mass is 376 g/mol. The summed E-state index contributed by atoms with van der Waals surface area (Å²) in [6.07, 6.45) is 1.49. The van der Waals surface area contributed by atoms with Crippen LogP contribution in [0.1, 0.15) is 49.5 Å². The molecule has 1 aromatic carbocycles. The Labute approximate surface area is 159 Å². The molecule has 0 saturated carbocycles. The molecule has 0 spiro atoms. The van der Waals surface area contributed by atoms with Gasteiger partial charge < -0.3 is 14.4 Å². The molecule has 2 aliphatic heterocycles. The Bertz CT molecular complexity index is 714. The van der Waals surface area contributed by atoms with Crippen molar-refractivity contribution in [1.29, 1.82) is 0 Å². The molecule has 27 heavy (non-hydrogen) atoms. The highest BCUT2D eigenvalue weighted by Crippen LogP contribution is 2.35. The predicted octanol–water partition coefficient (Wildman–Crippen LogP) is 2.37. The van der Waals surface area contributed by atoms with Crippen molar-refractivity contribution in [3.05, 3.63) is 29.3 Å². The van der Waals surface area contributed by atoms with Crippen LogP contribution in [0.3, 0.4) is 0 Å². The van der Waals surface area contributed by atoms with Crippen LogP contribution in [0.15, 0.2) is 18.2 Å². The molecular weight excluding hydrogens is 348 g/mol. The van der Waals surface area contributed by atoms with Gasteiger partial charge in [-0.15, -0.1) is 0 Å². The molecular formula is C20H28N2O5. The number of hydrogen-bond donors (Lipinski definition) is 2. The van der Waals surface area contributed by atoms with Crippen molar-refractivity contribution in [2.75, 3.05) is 19.8 Å². The van der Waals surface area contributed by atoms with Gasteiger partial charge in [-0.1, -0.05) is 19.9 Å². The summed E-state index contributed by atoms with van der Waals surface area (Å²) in [6, 6.07) is 5.04. The molecule has 1 saturated heterocycles. The van der Waals surface area contributed by atoms with Gasteiger partial charge in [0.15, 0.2) is 0 Å². The van der Waals surface area contributed by atoms with Gasteiger partial charge in [-0.2, -0.15) is 0 Å². The topological polar surface area (TPSA) is 88.1 Å². The number of carbonyl (C=O) groups is 2. The van der Waals surface area contributed by atoms with Crippen LogP contribution >= 0.6 is 0 Å². The van der Waals surface area contributed by atoms with E-state index >= 15 is 0 Å². The maximum atomic E-state index is 13.2. The fourth-order valence-electron chi connectivity index (χ4n) is 3.57.